The number of nitrogen functional groups attached to an aromatic ring is 1. The minimum Gasteiger partial charge on any atom is -0.426 e. The molecule has 3 aromatic rings. The fourth-order valence-electron chi connectivity index (χ4n) is 1.58. The van der Waals surface area contributed by atoms with Crippen molar-refractivity contribution in [1.82, 2.24) is 15.0 Å². The van der Waals surface area contributed by atoms with Gasteiger partial charge in [0.1, 0.15) is 11.3 Å². The minimum absolute atomic E-state index is 0.343. The van der Waals surface area contributed by atoms with Crippen LogP contribution in [-0.2, 0) is 0 Å². The second-order valence-electron chi connectivity index (χ2n) is 3.71. The van der Waals surface area contributed by atoms with Gasteiger partial charge in [-0.25, -0.2) is 4.98 Å². The van der Waals surface area contributed by atoms with Crippen molar-refractivity contribution in [2.75, 3.05) is 5.73 Å². The molecule has 0 amide bonds. The Labute approximate surface area is 108 Å². The topological polar surface area (TPSA) is 76.8 Å². The maximum absolute atomic E-state index is 5.93. The Balaban J connectivity index is 1.95. The number of imidazole rings is 1. The molecule has 0 aliphatic carbocycles. The van der Waals surface area contributed by atoms with E-state index in [1.807, 2.05) is 0 Å². The number of hydrogen-bond acceptors (Lipinski definition) is 4. The first kappa shape index (κ1) is 10.9. The van der Waals surface area contributed by atoms with Crippen molar-refractivity contribution >= 4 is 28.3 Å². The lowest BCUT2D eigenvalue weighted by molar-refractivity contribution is 0.449. The average molecular weight is 261 g/mol. The molecule has 2 heterocycles. The third-order valence-corrected chi connectivity index (χ3v) is 2.71. The molecule has 2 aromatic heterocycles. The monoisotopic (exact) mass is 260 g/mol. The SMILES string of the molecule is Nc1ccc(Oc2nc3c(Cl)nccc3[nH]2)cc1. The van der Waals surface area contributed by atoms with E-state index in [4.69, 9.17) is 22.1 Å². The zero-order chi connectivity index (χ0) is 12.5. The van der Waals surface area contributed by atoms with Gasteiger partial charge in [0.2, 0.25) is 0 Å². The largest absolute Gasteiger partial charge is 0.426 e. The van der Waals surface area contributed by atoms with Gasteiger partial charge >= 0.3 is 0 Å². The normalized spacial score (nSPS) is 10.7. The molecular formula is C12H9ClN4O. The van der Waals surface area contributed by atoms with Crippen LogP contribution < -0.4 is 10.5 Å². The van der Waals surface area contributed by atoms with Crippen LogP contribution >= 0.6 is 11.6 Å². The molecule has 0 atom stereocenters. The Morgan fingerprint density at radius 2 is 1.94 bits per heavy atom. The Morgan fingerprint density at radius 1 is 1.17 bits per heavy atom. The number of aromatic nitrogens is 3. The van der Waals surface area contributed by atoms with Gasteiger partial charge in [0.15, 0.2) is 5.15 Å². The maximum Gasteiger partial charge on any atom is 0.300 e. The summed E-state index contributed by atoms with van der Waals surface area (Å²) in [5.74, 6) is 0.646. The molecule has 5 nitrogen and oxygen atoms in total. The third-order valence-electron chi connectivity index (χ3n) is 2.43. The number of pyridine rings is 1. The van der Waals surface area contributed by atoms with Gasteiger partial charge in [0.25, 0.3) is 6.01 Å². The van der Waals surface area contributed by atoms with Gasteiger partial charge in [-0.3, -0.25) is 0 Å². The summed E-state index contributed by atoms with van der Waals surface area (Å²) < 4.78 is 5.56. The molecule has 3 N–H and O–H groups in total. The van der Waals surface area contributed by atoms with Crippen molar-refractivity contribution in [2.24, 2.45) is 0 Å². The number of nitrogens with one attached hydrogen (secondary N) is 1. The highest BCUT2D eigenvalue weighted by Crippen LogP contribution is 2.25. The lowest BCUT2D eigenvalue weighted by Gasteiger charge is -2.01. The highest BCUT2D eigenvalue weighted by Gasteiger charge is 2.08. The average Bonchev–Trinajstić information content (AvgIpc) is 2.76. The van der Waals surface area contributed by atoms with Gasteiger partial charge in [0.05, 0.1) is 5.52 Å². The first-order chi connectivity index (χ1) is 8.72. The van der Waals surface area contributed by atoms with Crippen molar-refractivity contribution in [3.8, 4) is 11.8 Å². The van der Waals surface area contributed by atoms with Crippen molar-refractivity contribution in [3.63, 3.8) is 0 Å². The molecule has 0 unspecified atom stereocenters. The predicted octanol–water partition coefficient (Wildman–Crippen LogP) is 2.99. The van der Waals surface area contributed by atoms with Gasteiger partial charge in [-0.05, 0) is 30.3 Å². The molecule has 0 aliphatic rings. The molecule has 0 spiro atoms. The number of rotatable bonds is 2. The summed E-state index contributed by atoms with van der Waals surface area (Å²) in [6.07, 6.45) is 1.61. The highest BCUT2D eigenvalue weighted by molar-refractivity contribution is 6.33. The summed E-state index contributed by atoms with van der Waals surface area (Å²) >= 11 is 5.93. The van der Waals surface area contributed by atoms with E-state index in [-0.39, 0.29) is 0 Å². The maximum atomic E-state index is 5.93. The van der Waals surface area contributed by atoms with Gasteiger partial charge in [0, 0.05) is 11.9 Å². The number of nitrogens with zero attached hydrogens (tertiary/aromatic N) is 2. The smallest absolute Gasteiger partial charge is 0.300 e. The lowest BCUT2D eigenvalue weighted by atomic mass is 10.3. The lowest BCUT2D eigenvalue weighted by Crippen LogP contribution is -1.87. The van der Waals surface area contributed by atoms with E-state index in [0.29, 0.717) is 28.1 Å². The Morgan fingerprint density at radius 3 is 2.67 bits per heavy atom. The van der Waals surface area contributed by atoms with Crippen LogP contribution in [0.3, 0.4) is 0 Å². The highest BCUT2D eigenvalue weighted by atomic mass is 35.5. The summed E-state index contributed by atoms with van der Waals surface area (Å²) in [6, 6.07) is 9.19. The van der Waals surface area contributed by atoms with E-state index in [0.717, 1.165) is 5.52 Å². The number of benzene rings is 1. The molecule has 6 heteroatoms. The molecular weight excluding hydrogens is 252 g/mol. The van der Waals surface area contributed by atoms with E-state index in [2.05, 4.69) is 15.0 Å². The van der Waals surface area contributed by atoms with E-state index < -0.39 is 0 Å². The van der Waals surface area contributed by atoms with Crippen LogP contribution in [0.25, 0.3) is 11.0 Å². The van der Waals surface area contributed by atoms with E-state index in [1.54, 1.807) is 36.5 Å². The van der Waals surface area contributed by atoms with Crippen molar-refractivity contribution in [1.29, 1.82) is 0 Å². The van der Waals surface area contributed by atoms with Gasteiger partial charge in [-0.2, -0.15) is 4.98 Å². The summed E-state index contributed by atoms with van der Waals surface area (Å²) in [5, 5.41) is 0.343. The van der Waals surface area contributed by atoms with Crippen molar-refractivity contribution < 1.29 is 4.74 Å². The quantitative estimate of drug-likeness (QED) is 0.548. The van der Waals surface area contributed by atoms with Crippen LogP contribution in [0.5, 0.6) is 11.8 Å². The van der Waals surface area contributed by atoms with Crippen LogP contribution in [0.15, 0.2) is 36.5 Å². The first-order valence-corrected chi connectivity index (χ1v) is 5.64. The molecule has 18 heavy (non-hydrogen) atoms. The number of ether oxygens (including phenoxy) is 1. The third kappa shape index (κ3) is 1.96. The fraction of sp³-hybridized carbons (Fsp3) is 0. The first-order valence-electron chi connectivity index (χ1n) is 5.26. The Bertz CT molecular complexity index is 693. The van der Waals surface area contributed by atoms with Crippen LogP contribution in [0.4, 0.5) is 5.69 Å². The van der Waals surface area contributed by atoms with Crippen LogP contribution in [-0.4, -0.2) is 15.0 Å². The molecule has 0 saturated carbocycles. The predicted molar refractivity (Wildman–Crippen MR) is 69.8 cm³/mol. The van der Waals surface area contributed by atoms with E-state index in [9.17, 15) is 0 Å². The second-order valence-corrected chi connectivity index (χ2v) is 4.07. The Hall–Kier alpha value is -2.27. The number of hydrogen-bond donors (Lipinski definition) is 2. The molecule has 1 aromatic carbocycles. The number of aromatic amines is 1. The Kier molecular flexibility index (Phi) is 2.53. The molecule has 90 valence electrons. The number of halogens is 1. The van der Waals surface area contributed by atoms with Crippen LogP contribution in [0.2, 0.25) is 5.15 Å². The zero-order valence-corrected chi connectivity index (χ0v) is 9.98. The summed E-state index contributed by atoms with van der Waals surface area (Å²) in [5.41, 5.74) is 7.64. The van der Waals surface area contributed by atoms with Crippen LogP contribution in [0, 0.1) is 0 Å². The van der Waals surface area contributed by atoms with Crippen molar-refractivity contribution in [3.05, 3.63) is 41.7 Å². The van der Waals surface area contributed by atoms with Gasteiger partial charge < -0.3 is 15.5 Å². The summed E-state index contributed by atoms with van der Waals surface area (Å²) in [6.45, 7) is 0. The number of anilines is 1. The van der Waals surface area contributed by atoms with E-state index >= 15 is 0 Å². The second kappa shape index (κ2) is 4.19. The van der Waals surface area contributed by atoms with Crippen LogP contribution in [0.1, 0.15) is 0 Å². The van der Waals surface area contributed by atoms with Gasteiger partial charge in [-0.15, -0.1) is 0 Å². The number of nitrogens with two attached hydrogens (primary N) is 1. The fourth-order valence-corrected chi connectivity index (χ4v) is 1.78. The van der Waals surface area contributed by atoms with Gasteiger partial charge in [-0.1, -0.05) is 11.6 Å². The van der Waals surface area contributed by atoms with E-state index in [1.165, 1.54) is 0 Å². The standard InChI is InChI=1S/C12H9ClN4O/c13-11-10-9(5-6-15-11)16-12(17-10)18-8-3-1-7(14)2-4-8/h1-6H,14H2,(H,16,17). The summed E-state index contributed by atoms with van der Waals surface area (Å²) in [4.78, 5) is 11.2. The number of fused-ring (bicyclic) bond motifs is 1. The zero-order valence-electron chi connectivity index (χ0n) is 9.22. The summed E-state index contributed by atoms with van der Waals surface area (Å²) in [7, 11) is 0. The molecule has 0 bridgehead atoms. The molecule has 0 radical (unpaired) electrons. The minimum atomic E-state index is 0.343. The number of H-pyrrole nitrogens is 1. The molecule has 0 fully saturated rings. The van der Waals surface area contributed by atoms with Crippen molar-refractivity contribution in [2.45, 2.75) is 0 Å². The molecule has 3 rings (SSSR count). The molecule has 0 saturated heterocycles. The molecule has 0 aliphatic heterocycles.